The molecule has 3 N–H and O–H groups in total. The van der Waals surface area contributed by atoms with Crippen LogP contribution in [-0.2, 0) is 4.79 Å². The van der Waals surface area contributed by atoms with Crippen LogP contribution in [0.2, 0.25) is 5.02 Å². The molecule has 0 spiro atoms. The van der Waals surface area contributed by atoms with Crippen LogP contribution in [-0.4, -0.2) is 26.2 Å². The van der Waals surface area contributed by atoms with Gasteiger partial charge in [0, 0.05) is 6.07 Å². The van der Waals surface area contributed by atoms with E-state index in [4.69, 9.17) is 26.8 Å². The van der Waals surface area contributed by atoms with Crippen LogP contribution in [0.25, 0.3) is 0 Å². The molecule has 0 aliphatic rings. The van der Waals surface area contributed by atoms with Crippen molar-refractivity contribution < 1.29 is 14.3 Å². The third-order valence-corrected chi connectivity index (χ3v) is 2.85. The Bertz CT molecular complexity index is 438. The van der Waals surface area contributed by atoms with Crippen LogP contribution in [0.1, 0.15) is 13.3 Å². The Balaban J connectivity index is 3.07. The molecule has 0 aliphatic carbocycles. The molecule has 0 fully saturated rings. The van der Waals surface area contributed by atoms with Crippen LogP contribution in [0.3, 0.4) is 0 Å². The number of nitrogens with one attached hydrogen (secondary N) is 1. The van der Waals surface area contributed by atoms with Gasteiger partial charge in [-0.2, -0.15) is 0 Å². The molecule has 1 aromatic rings. The molecule has 0 saturated heterocycles. The van der Waals surface area contributed by atoms with Gasteiger partial charge in [0.2, 0.25) is 5.91 Å². The molecule has 0 aromatic heterocycles. The zero-order valence-electron chi connectivity index (χ0n) is 10.6. The Morgan fingerprint density at radius 2 is 2.00 bits per heavy atom. The number of benzene rings is 1. The molecule has 0 aliphatic heterocycles. The molecule has 6 heteroatoms. The van der Waals surface area contributed by atoms with E-state index < -0.39 is 11.9 Å². The van der Waals surface area contributed by atoms with E-state index in [0.717, 1.165) is 0 Å². The summed E-state index contributed by atoms with van der Waals surface area (Å²) in [6, 6.07) is 2.83. The predicted octanol–water partition coefficient (Wildman–Crippen LogP) is 2.03. The lowest BCUT2D eigenvalue weighted by atomic mass is 10.2. The van der Waals surface area contributed by atoms with Gasteiger partial charge < -0.3 is 20.5 Å². The number of carbonyl (C=O) groups is 1. The smallest absolute Gasteiger partial charge is 0.239 e. The molecule has 5 nitrogen and oxygen atoms in total. The molecule has 1 amide bonds. The first-order valence-electron chi connectivity index (χ1n) is 5.50. The topological polar surface area (TPSA) is 73.6 Å². The summed E-state index contributed by atoms with van der Waals surface area (Å²) in [4.78, 5) is 11.2. The number of methoxy groups -OCH3 is 2. The average molecular weight is 273 g/mol. The molecule has 18 heavy (non-hydrogen) atoms. The minimum atomic E-state index is -0.469. The van der Waals surface area contributed by atoms with Gasteiger partial charge in [-0.05, 0) is 12.5 Å². The fourth-order valence-corrected chi connectivity index (χ4v) is 1.78. The highest BCUT2D eigenvalue weighted by molar-refractivity contribution is 6.32. The number of rotatable bonds is 6. The lowest BCUT2D eigenvalue weighted by Crippen LogP contribution is -2.34. The maximum absolute atomic E-state index is 11.2. The Morgan fingerprint density at radius 3 is 2.44 bits per heavy atom. The number of hydrogen-bond acceptors (Lipinski definition) is 4. The van der Waals surface area contributed by atoms with E-state index in [1.165, 1.54) is 14.2 Å². The Kier molecular flexibility index (Phi) is 5.09. The number of anilines is 1. The summed E-state index contributed by atoms with van der Waals surface area (Å²) in [6.45, 7) is 1.86. The Hall–Kier alpha value is -1.62. The lowest BCUT2D eigenvalue weighted by molar-refractivity contribution is -0.118. The van der Waals surface area contributed by atoms with Crippen LogP contribution in [0, 0.1) is 0 Å². The normalized spacial score (nSPS) is 11.8. The van der Waals surface area contributed by atoms with E-state index in [9.17, 15) is 4.79 Å². The molecule has 1 unspecified atom stereocenters. The van der Waals surface area contributed by atoms with E-state index >= 15 is 0 Å². The second-order valence-electron chi connectivity index (χ2n) is 3.69. The second-order valence-corrected chi connectivity index (χ2v) is 4.10. The van der Waals surface area contributed by atoms with Crippen molar-refractivity contribution >= 4 is 23.2 Å². The van der Waals surface area contributed by atoms with E-state index in [-0.39, 0.29) is 0 Å². The minimum Gasteiger partial charge on any atom is -0.495 e. The first-order chi connectivity index (χ1) is 8.53. The Morgan fingerprint density at radius 1 is 1.39 bits per heavy atom. The van der Waals surface area contributed by atoms with E-state index in [0.29, 0.717) is 28.6 Å². The summed E-state index contributed by atoms with van der Waals surface area (Å²) in [5.41, 5.74) is 5.89. The van der Waals surface area contributed by atoms with Gasteiger partial charge in [0.1, 0.15) is 17.5 Å². The second kappa shape index (κ2) is 6.35. The monoisotopic (exact) mass is 272 g/mol. The largest absolute Gasteiger partial charge is 0.495 e. The maximum atomic E-state index is 11.2. The van der Waals surface area contributed by atoms with Gasteiger partial charge in [-0.15, -0.1) is 0 Å². The summed E-state index contributed by atoms with van der Waals surface area (Å²) in [5.74, 6) is 0.619. The van der Waals surface area contributed by atoms with Crippen molar-refractivity contribution in [1.82, 2.24) is 0 Å². The number of ether oxygens (including phenoxy) is 2. The zero-order valence-corrected chi connectivity index (χ0v) is 11.4. The highest BCUT2D eigenvalue weighted by Gasteiger charge is 2.16. The predicted molar refractivity (Wildman–Crippen MR) is 71.5 cm³/mol. The number of nitrogens with two attached hydrogens (primary N) is 1. The van der Waals surface area contributed by atoms with Crippen molar-refractivity contribution in [1.29, 1.82) is 0 Å². The summed E-state index contributed by atoms with van der Waals surface area (Å²) in [7, 11) is 3.05. The summed E-state index contributed by atoms with van der Waals surface area (Å²) in [6.07, 6.45) is 0.572. The number of carbonyl (C=O) groups excluding carboxylic acids is 1. The van der Waals surface area contributed by atoms with Crippen LogP contribution >= 0.6 is 11.6 Å². The third-order valence-electron chi connectivity index (χ3n) is 2.56. The summed E-state index contributed by atoms with van der Waals surface area (Å²) < 4.78 is 10.3. The molecule has 1 atom stereocenters. The van der Waals surface area contributed by atoms with Crippen LogP contribution in [0.4, 0.5) is 5.69 Å². The van der Waals surface area contributed by atoms with Gasteiger partial charge in [-0.1, -0.05) is 18.5 Å². The standard InChI is InChI=1S/C12H17ClN2O3/c1-4-8(12(14)16)15-9-5-7(13)10(17-2)6-11(9)18-3/h5-6,8,15H,4H2,1-3H3,(H2,14,16). The van der Waals surface area contributed by atoms with Crippen molar-refractivity contribution in [2.45, 2.75) is 19.4 Å². The van der Waals surface area contributed by atoms with E-state index in [1.54, 1.807) is 12.1 Å². The van der Waals surface area contributed by atoms with Crippen LogP contribution < -0.4 is 20.5 Å². The van der Waals surface area contributed by atoms with Crippen molar-refractivity contribution in [3.8, 4) is 11.5 Å². The molecule has 0 radical (unpaired) electrons. The fourth-order valence-electron chi connectivity index (χ4n) is 1.53. The van der Waals surface area contributed by atoms with Gasteiger partial charge in [-0.25, -0.2) is 0 Å². The van der Waals surface area contributed by atoms with Crippen molar-refractivity contribution in [2.24, 2.45) is 5.73 Å². The molecular weight excluding hydrogens is 256 g/mol. The first-order valence-corrected chi connectivity index (χ1v) is 5.88. The average Bonchev–Trinajstić information content (AvgIpc) is 2.35. The lowest BCUT2D eigenvalue weighted by Gasteiger charge is -2.18. The third kappa shape index (κ3) is 3.20. The van der Waals surface area contributed by atoms with Gasteiger partial charge in [-0.3, -0.25) is 4.79 Å². The SMILES string of the molecule is CCC(Nc1cc(Cl)c(OC)cc1OC)C(N)=O. The molecule has 100 valence electrons. The molecule has 0 bridgehead atoms. The number of amides is 1. The van der Waals surface area contributed by atoms with E-state index in [2.05, 4.69) is 5.32 Å². The summed E-state index contributed by atoms with van der Waals surface area (Å²) >= 11 is 6.03. The van der Waals surface area contributed by atoms with Crippen molar-refractivity contribution in [2.75, 3.05) is 19.5 Å². The Labute approximate surface area is 111 Å². The van der Waals surface area contributed by atoms with E-state index in [1.807, 2.05) is 6.92 Å². The molecule has 1 aromatic carbocycles. The highest BCUT2D eigenvalue weighted by atomic mass is 35.5. The van der Waals surface area contributed by atoms with Gasteiger partial charge in [0.15, 0.2) is 0 Å². The zero-order chi connectivity index (χ0) is 13.7. The number of primary amides is 1. The molecular formula is C12H17ClN2O3. The number of halogens is 1. The molecule has 0 saturated carbocycles. The maximum Gasteiger partial charge on any atom is 0.239 e. The van der Waals surface area contributed by atoms with Crippen molar-refractivity contribution in [3.05, 3.63) is 17.2 Å². The van der Waals surface area contributed by atoms with Gasteiger partial charge >= 0.3 is 0 Å². The van der Waals surface area contributed by atoms with Crippen LogP contribution in [0.5, 0.6) is 11.5 Å². The first kappa shape index (κ1) is 14.4. The summed E-state index contributed by atoms with van der Waals surface area (Å²) in [5, 5.41) is 3.43. The van der Waals surface area contributed by atoms with Crippen molar-refractivity contribution in [3.63, 3.8) is 0 Å². The van der Waals surface area contributed by atoms with Gasteiger partial charge in [0.25, 0.3) is 0 Å². The number of hydrogen-bond donors (Lipinski definition) is 2. The van der Waals surface area contributed by atoms with Gasteiger partial charge in [0.05, 0.1) is 24.9 Å². The quantitative estimate of drug-likeness (QED) is 0.831. The highest BCUT2D eigenvalue weighted by Crippen LogP contribution is 2.36. The van der Waals surface area contributed by atoms with Crippen LogP contribution in [0.15, 0.2) is 12.1 Å². The fraction of sp³-hybridized carbons (Fsp3) is 0.417. The molecule has 1 rings (SSSR count). The minimum absolute atomic E-state index is 0.425. The molecule has 0 heterocycles.